The molecule has 0 aromatic heterocycles. The van der Waals surface area contributed by atoms with Gasteiger partial charge in [-0.15, -0.1) is 0 Å². The number of methoxy groups -OCH3 is 1. The Balaban J connectivity index is 1.57. The number of nitrogens with zero attached hydrogens (tertiary/aromatic N) is 1. The SMILES string of the molecule is COc1ccc(N2C[C@H](C(=O)NNC(=O)c3cccc(C)c3)CC2=O)cc1. The van der Waals surface area contributed by atoms with Crippen LogP contribution < -0.4 is 20.5 Å². The summed E-state index contributed by atoms with van der Waals surface area (Å²) >= 11 is 0. The molecule has 0 unspecified atom stereocenters. The summed E-state index contributed by atoms with van der Waals surface area (Å²) < 4.78 is 5.11. The molecule has 0 aliphatic carbocycles. The number of anilines is 1. The number of hydrogen-bond donors (Lipinski definition) is 2. The number of hydrogen-bond acceptors (Lipinski definition) is 4. The van der Waals surface area contributed by atoms with Crippen LogP contribution in [0.2, 0.25) is 0 Å². The van der Waals surface area contributed by atoms with Crippen LogP contribution in [0.25, 0.3) is 0 Å². The van der Waals surface area contributed by atoms with Crippen molar-refractivity contribution in [3.63, 3.8) is 0 Å². The molecule has 0 spiro atoms. The highest BCUT2D eigenvalue weighted by molar-refractivity contribution is 6.01. The lowest BCUT2D eigenvalue weighted by atomic mass is 10.1. The van der Waals surface area contributed by atoms with Crippen LogP contribution in [0.15, 0.2) is 48.5 Å². The molecule has 7 nitrogen and oxygen atoms in total. The van der Waals surface area contributed by atoms with Crippen LogP contribution in [0.1, 0.15) is 22.3 Å². The first-order chi connectivity index (χ1) is 13.0. The van der Waals surface area contributed by atoms with Gasteiger partial charge in [0.2, 0.25) is 11.8 Å². The monoisotopic (exact) mass is 367 g/mol. The van der Waals surface area contributed by atoms with Crippen LogP contribution in [0, 0.1) is 12.8 Å². The van der Waals surface area contributed by atoms with Gasteiger partial charge in [0.05, 0.1) is 13.0 Å². The molecule has 0 radical (unpaired) electrons. The van der Waals surface area contributed by atoms with Gasteiger partial charge in [0.1, 0.15) is 5.75 Å². The molecular formula is C20H21N3O4. The minimum atomic E-state index is -0.530. The zero-order chi connectivity index (χ0) is 19.4. The smallest absolute Gasteiger partial charge is 0.269 e. The second-order valence-electron chi connectivity index (χ2n) is 6.42. The van der Waals surface area contributed by atoms with Crippen LogP contribution in [0.4, 0.5) is 5.69 Å². The molecule has 1 fully saturated rings. The number of aryl methyl sites for hydroxylation is 1. The van der Waals surface area contributed by atoms with E-state index in [0.29, 0.717) is 17.0 Å². The van der Waals surface area contributed by atoms with Gasteiger partial charge in [-0.25, -0.2) is 0 Å². The van der Waals surface area contributed by atoms with Gasteiger partial charge in [0.15, 0.2) is 0 Å². The zero-order valence-electron chi connectivity index (χ0n) is 15.2. The second-order valence-corrected chi connectivity index (χ2v) is 6.42. The van der Waals surface area contributed by atoms with Gasteiger partial charge in [0, 0.05) is 24.2 Å². The highest BCUT2D eigenvalue weighted by Crippen LogP contribution is 2.26. The lowest BCUT2D eigenvalue weighted by molar-refractivity contribution is -0.126. The van der Waals surface area contributed by atoms with Crippen molar-refractivity contribution >= 4 is 23.4 Å². The molecule has 140 valence electrons. The van der Waals surface area contributed by atoms with E-state index < -0.39 is 11.8 Å². The fourth-order valence-corrected chi connectivity index (χ4v) is 2.97. The van der Waals surface area contributed by atoms with E-state index in [0.717, 1.165) is 5.56 Å². The molecule has 1 atom stereocenters. The van der Waals surface area contributed by atoms with Gasteiger partial charge in [-0.1, -0.05) is 17.7 Å². The largest absolute Gasteiger partial charge is 0.497 e. The average molecular weight is 367 g/mol. The Bertz CT molecular complexity index is 864. The summed E-state index contributed by atoms with van der Waals surface area (Å²) in [7, 11) is 1.57. The predicted molar refractivity (Wildman–Crippen MR) is 100 cm³/mol. The molecule has 1 aliphatic rings. The number of ether oxygens (including phenoxy) is 1. The third kappa shape index (κ3) is 4.25. The van der Waals surface area contributed by atoms with E-state index in [-0.39, 0.29) is 24.8 Å². The Hall–Kier alpha value is -3.35. The summed E-state index contributed by atoms with van der Waals surface area (Å²) in [6.45, 7) is 2.14. The maximum Gasteiger partial charge on any atom is 0.269 e. The average Bonchev–Trinajstić information content (AvgIpc) is 3.07. The molecule has 1 aliphatic heterocycles. The summed E-state index contributed by atoms with van der Waals surface area (Å²) in [6.07, 6.45) is 0.0954. The van der Waals surface area contributed by atoms with Crippen LogP contribution >= 0.6 is 0 Å². The summed E-state index contributed by atoms with van der Waals surface area (Å²) in [5, 5.41) is 0. The Labute approximate surface area is 157 Å². The zero-order valence-corrected chi connectivity index (χ0v) is 15.2. The van der Waals surface area contributed by atoms with Crippen molar-refractivity contribution in [2.45, 2.75) is 13.3 Å². The van der Waals surface area contributed by atoms with E-state index in [9.17, 15) is 14.4 Å². The fraction of sp³-hybridized carbons (Fsp3) is 0.250. The Morgan fingerprint density at radius 2 is 1.85 bits per heavy atom. The number of nitrogens with one attached hydrogen (secondary N) is 2. The van der Waals surface area contributed by atoms with Gasteiger partial charge in [-0.05, 0) is 43.3 Å². The third-order valence-electron chi connectivity index (χ3n) is 4.46. The van der Waals surface area contributed by atoms with E-state index in [1.54, 1.807) is 54.5 Å². The number of hydrazine groups is 1. The molecule has 1 saturated heterocycles. The number of carbonyl (C=O) groups excluding carboxylic acids is 3. The molecule has 7 heteroatoms. The van der Waals surface area contributed by atoms with Crippen molar-refractivity contribution in [1.29, 1.82) is 0 Å². The molecule has 0 saturated carbocycles. The van der Waals surface area contributed by atoms with Gasteiger partial charge in [-0.2, -0.15) is 0 Å². The van der Waals surface area contributed by atoms with Crippen molar-refractivity contribution in [3.8, 4) is 5.75 Å². The van der Waals surface area contributed by atoms with Gasteiger partial charge in [0.25, 0.3) is 5.91 Å². The molecule has 1 heterocycles. The minimum Gasteiger partial charge on any atom is -0.497 e. The van der Waals surface area contributed by atoms with E-state index >= 15 is 0 Å². The molecule has 2 aromatic rings. The number of amides is 3. The van der Waals surface area contributed by atoms with Crippen molar-refractivity contribution < 1.29 is 19.1 Å². The van der Waals surface area contributed by atoms with E-state index in [1.165, 1.54) is 0 Å². The quantitative estimate of drug-likeness (QED) is 0.807. The second kappa shape index (κ2) is 7.90. The summed E-state index contributed by atoms with van der Waals surface area (Å²) in [5.41, 5.74) is 6.93. The molecule has 3 rings (SSSR count). The van der Waals surface area contributed by atoms with Crippen molar-refractivity contribution in [2.75, 3.05) is 18.6 Å². The highest BCUT2D eigenvalue weighted by Gasteiger charge is 2.35. The first-order valence-corrected chi connectivity index (χ1v) is 8.59. The normalized spacial score (nSPS) is 16.1. The van der Waals surface area contributed by atoms with E-state index in [2.05, 4.69) is 10.9 Å². The number of rotatable bonds is 4. The third-order valence-corrected chi connectivity index (χ3v) is 4.46. The van der Waals surface area contributed by atoms with Crippen LogP contribution in [-0.2, 0) is 9.59 Å². The van der Waals surface area contributed by atoms with Crippen molar-refractivity contribution in [2.24, 2.45) is 5.92 Å². The molecule has 2 aromatic carbocycles. The number of carbonyl (C=O) groups is 3. The minimum absolute atomic E-state index is 0.0954. The molecule has 0 bridgehead atoms. The van der Waals surface area contributed by atoms with Crippen molar-refractivity contribution in [1.82, 2.24) is 10.9 Å². The fourth-order valence-electron chi connectivity index (χ4n) is 2.97. The standard InChI is InChI=1S/C20H21N3O4/c1-13-4-3-5-14(10-13)19(25)21-22-20(26)15-11-18(24)23(12-15)16-6-8-17(27-2)9-7-16/h3-10,15H,11-12H2,1-2H3,(H,21,25)(H,22,26)/t15-/m1/s1. The van der Waals surface area contributed by atoms with E-state index in [1.807, 2.05) is 13.0 Å². The maximum absolute atomic E-state index is 12.3. The van der Waals surface area contributed by atoms with Crippen LogP contribution in [0.3, 0.4) is 0 Å². The lowest BCUT2D eigenvalue weighted by Crippen LogP contribution is -2.45. The summed E-state index contributed by atoms with van der Waals surface area (Å²) in [6, 6.07) is 14.1. The maximum atomic E-state index is 12.3. The Morgan fingerprint density at radius 1 is 1.11 bits per heavy atom. The summed E-state index contributed by atoms with van der Waals surface area (Å²) in [4.78, 5) is 38.3. The van der Waals surface area contributed by atoms with Crippen molar-refractivity contribution in [3.05, 3.63) is 59.7 Å². The molecular weight excluding hydrogens is 346 g/mol. The van der Waals surface area contributed by atoms with Gasteiger partial charge < -0.3 is 9.64 Å². The van der Waals surface area contributed by atoms with Gasteiger partial charge >= 0.3 is 0 Å². The van der Waals surface area contributed by atoms with Crippen LogP contribution in [-0.4, -0.2) is 31.4 Å². The predicted octanol–water partition coefficient (Wildman–Crippen LogP) is 1.82. The Kier molecular flexibility index (Phi) is 5.40. The Morgan fingerprint density at radius 3 is 2.52 bits per heavy atom. The topological polar surface area (TPSA) is 87.7 Å². The van der Waals surface area contributed by atoms with Gasteiger partial charge in [-0.3, -0.25) is 25.2 Å². The number of benzene rings is 2. The first-order valence-electron chi connectivity index (χ1n) is 8.59. The lowest BCUT2D eigenvalue weighted by Gasteiger charge is -2.17. The molecule has 3 amide bonds. The van der Waals surface area contributed by atoms with Crippen LogP contribution in [0.5, 0.6) is 5.75 Å². The first kappa shape index (κ1) is 18.4. The van der Waals surface area contributed by atoms with E-state index in [4.69, 9.17) is 4.74 Å². The highest BCUT2D eigenvalue weighted by atomic mass is 16.5. The summed E-state index contributed by atoms with van der Waals surface area (Å²) in [5.74, 6) is -0.759. The molecule has 2 N–H and O–H groups in total. The molecule has 27 heavy (non-hydrogen) atoms.